The molecule has 3 N–H and O–H groups in total. The largest absolute Gasteiger partial charge is 0.393 e. The summed E-state index contributed by atoms with van der Waals surface area (Å²) in [6.45, 7) is 0. The van der Waals surface area contributed by atoms with E-state index in [9.17, 15) is 14.9 Å². The number of nitro groups is 1. The lowest BCUT2D eigenvalue weighted by Crippen LogP contribution is -2.16. The van der Waals surface area contributed by atoms with Crippen molar-refractivity contribution in [1.82, 2.24) is 15.3 Å². The number of hydrogen-bond donors (Lipinski definition) is 3. The van der Waals surface area contributed by atoms with E-state index in [1.165, 1.54) is 29.7 Å². The number of hydrogen-bond acceptors (Lipinski definition) is 8. The van der Waals surface area contributed by atoms with Crippen molar-refractivity contribution in [3.8, 4) is 10.6 Å². The molecule has 3 rings (SSSR count). The molecule has 1 amide bonds. The number of anilines is 1. The maximum atomic E-state index is 12.6. The molecule has 3 aromatic heterocycles. The van der Waals surface area contributed by atoms with Crippen LogP contribution >= 0.6 is 11.3 Å². The van der Waals surface area contributed by atoms with Crippen molar-refractivity contribution in [1.29, 1.82) is 5.41 Å². The van der Waals surface area contributed by atoms with Gasteiger partial charge in [-0.15, -0.1) is 11.3 Å². The first-order valence-electron chi connectivity index (χ1n) is 8.38. The molecular weight excluding hydrogens is 392 g/mol. The Morgan fingerprint density at radius 3 is 2.69 bits per heavy atom. The third kappa shape index (κ3) is 4.50. The van der Waals surface area contributed by atoms with Gasteiger partial charge >= 0.3 is 5.69 Å². The molecule has 146 valence electrons. The molecule has 0 aromatic carbocycles. The first kappa shape index (κ1) is 19.8. The Bertz CT molecular complexity index is 1080. The van der Waals surface area contributed by atoms with Crippen molar-refractivity contribution in [3.63, 3.8) is 0 Å². The van der Waals surface area contributed by atoms with E-state index in [1.54, 1.807) is 25.4 Å². The number of carbonyl (C=O) groups is 1. The Balaban J connectivity index is 1.88. The first-order chi connectivity index (χ1) is 14.0. The zero-order chi connectivity index (χ0) is 20.8. The van der Waals surface area contributed by atoms with Gasteiger partial charge in [-0.3, -0.25) is 25.2 Å². The summed E-state index contributed by atoms with van der Waals surface area (Å²) in [6, 6.07) is 9.65. The molecule has 0 aliphatic carbocycles. The fourth-order valence-corrected chi connectivity index (χ4v) is 3.18. The smallest absolute Gasteiger partial charge is 0.311 e. The highest BCUT2D eigenvalue weighted by molar-refractivity contribution is 7.13. The topological polar surface area (TPSA) is 134 Å². The predicted molar refractivity (Wildman–Crippen MR) is 112 cm³/mol. The normalized spacial score (nSPS) is 11.0. The quantitative estimate of drug-likeness (QED) is 0.311. The van der Waals surface area contributed by atoms with E-state index in [4.69, 9.17) is 5.41 Å². The van der Waals surface area contributed by atoms with Crippen LogP contribution in [0.5, 0.6) is 0 Å². The molecule has 29 heavy (non-hydrogen) atoms. The summed E-state index contributed by atoms with van der Waals surface area (Å²) in [5, 5.41) is 25.9. The molecule has 3 aromatic rings. The minimum absolute atomic E-state index is 0.0696. The van der Waals surface area contributed by atoms with Crippen LogP contribution in [0, 0.1) is 15.5 Å². The number of nitrogens with zero attached hydrogens (tertiary/aromatic N) is 3. The standard InChI is InChI=1S/C19H16N6O3S/c1-21-10-13(9-20)12-4-5-15(22-11-12)19(26)24-18-16(25(27)28)7-6-14(23-18)17-3-2-8-29-17/h2-11,20-21H,1H3,(H,23,24,26)/b13-10+,20-9?. The average Bonchev–Trinajstić information content (AvgIpc) is 3.27. The second-order valence-electron chi connectivity index (χ2n) is 5.72. The molecule has 0 aliphatic heterocycles. The fraction of sp³-hybridized carbons (Fsp3) is 0.0526. The average molecular weight is 408 g/mol. The summed E-state index contributed by atoms with van der Waals surface area (Å²) in [6.07, 6.45) is 4.25. The predicted octanol–water partition coefficient (Wildman–Crippen LogP) is 3.58. The maximum absolute atomic E-state index is 12.6. The van der Waals surface area contributed by atoms with Crippen LogP contribution in [0.1, 0.15) is 16.1 Å². The van der Waals surface area contributed by atoms with Crippen LogP contribution < -0.4 is 10.6 Å². The Morgan fingerprint density at radius 2 is 2.10 bits per heavy atom. The number of allylic oxidation sites excluding steroid dienone is 1. The van der Waals surface area contributed by atoms with Gasteiger partial charge in [0.25, 0.3) is 5.91 Å². The first-order valence-corrected chi connectivity index (χ1v) is 9.26. The Labute approximate surface area is 169 Å². The van der Waals surface area contributed by atoms with Crippen molar-refractivity contribution in [2.45, 2.75) is 0 Å². The number of rotatable bonds is 7. The molecule has 0 saturated carbocycles. The number of thiophene rings is 1. The van der Waals surface area contributed by atoms with Crippen molar-refractivity contribution in [3.05, 3.63) is 75.5 Å². The monoisotopic (exact) mass is 408 g/mol. The van der Waals surface area contributed by atoms with E-state index >= 15 is 0 Å². The molecule has 9 nitrogen and oxygen atoms in total. The van der Waals surface area contributed by atoms with E-state index in [0.29, 0.717) is 16.8 Å². The molecule has 0 aliphatic rings. The van der Waals surface area contributed by atoms with Gasteiger partial charge in [0.2, 0.25) is 5.82 Å². The van der Waals surface area contributed by atoms with Crippen LogP contribution in [0.2, 0.25) is 0 Å². The lowest BCUT2D eigenvalue weighted by molar-refractivity contribution is -0.384. The number of pyridine rings is 2. The molecule has 0 spiro atoms. The van der Waals surface area contributed by atoms with Crippen molar-refractivity contribution >= 4 is 40.5 Å². The molecule has 0 fully saturated rings. The van der Waals surface area contributed by atoms with Crippen LogP contribution in [-0.4, -0.2) is 34.1 Å². The van der Waals surface area contributed by atoms with Crippen LogP contribution in [0.15, 0.2) is 54.2 Å². The van der Waals surface area contributed by atoms with Gasteiger partial charge in [0.1, 0.15) is 5.69 Å². The summed E-state index contributed by atoms with van der Waals surface area (Å²) >= 11 is 1.44. The summed E-state index contributed by atoms with van der Waals surface area (Å²) in [5.41, 5.74) is 1.53. The molecule has 0 atom stereocenters. The highest BCUT2D eigenvalue weighted by Gasteiger charge is 2.20. The number of aromatic nitrogens is 2. The van der Waals surface area contributed by atoms with E-state index in [1.807, 2.05) is 17.5 Å². The number of nitrogens with one attached hydrogen (secondary N) is 3. The second-order valence-corrected chi connectivity index (χ2v) is 6.67. The zero-order valence-corrected chi connectivity index (χ0v) is 16.1. The molecule has 3 heterocycles. The summed E-state index contributed by atoms with van der Waals surface area (Å²) < 4.78 is 0. The van der Waals surface area contributed by atoms with Gasteiger partial charge in [-0.2, -0.15) is 0 Å². The van der Waals surface area contributed by atoms with Crippen molar-refractivity contribution in [2.75, 3.05) is 12.4 Å². The number of amides is 1. The number of carbonyl (C=O) groups excluding carboxylic acids is 1. The summed E-state index contributed by atoms with van der Waals surface area (Å²) in [7, 11) is 1.71. The summed E-state index contributed by atoms with van der Waals surface area (Å²) in [5.74, 6) is -0.767. The highest BCUT2D eigenvalue weighted by atomic mass is 32.1. The molecule has 0 radical (unpaired) electrons. The van der Waals surface area contributed by atoms with Gasteiger partial charge in [-0.25, -0.2) is 4.98 Å². The summed E-state index contributed by atoms with van der Waals surface area (Å²) in [4.78, 5) is 32.4. The molecule has 10 heteroatoms. The minimum atomic E-state index is -0.621. The Hall–Kier alpha value is -3.92. The van der Waals surface area contributed by atoms with Gasteiger partial charge < -0.3 is 10.7 Å². The van der Waals surface area contributed by atoms with Crippen molar-refractivity contribution in [2.24, 2.45) is 0 Å². The van der Waals surface area contributed by atoms with Gasteiger partial charge in [-0.1, -0.05) is 12.1 Å². The van der Waals surface area contributed by atoms with E-state index in [2.05, 4.69) is 20.6 Å². The van der Waals surface area contributed by atoms with E-state index < -0.39 is 10.8 Å². The van der Waals surface area contributed by atoms with Gasteiger partial charge in [0.15, 0.2) is 0 Å². The van der Waals surface area contributed by atoms with Crippen LogP contribution in [0.25, 0.3) is 16.1 Å². The van der Waals surface area contributed by atoms with Gasteiger partial charge in [0, 0.05) is 42.9 Å². The third-order valence-electron chi connectivity index (χ3n) is 3.86. The molecule has 0 unspecified atom stereocenters. The Kier molecular flexibility index (Phi) is 6.05. The third-order valence-corrected chi connectivity index (χ3v) is 4.75. The lowest BCUT2D eigenvalue weighted by Gasteiger charge is -2.07. The highest BCUT2D eigenvalue weighted by Crippen LogP contribution is 2.29. The van der Waals surface area contributed by atoms with Crippen LogP contribution in [0.3, 0.4) is 0 Å². The SMILES string of the molecule is CN/C=C(\C=N)c1ccc(C(=O)Nc2nc(-c3cccs3)ccc2[N+](=O)[O-])nc1. The fourth-order valence-electron chi connectivity index (χ4n) is 2.49. The second kappa shape index (κ2) is 8.85. The Morgan fingerprint density at radius 1 is 1.28 bits per heavy atom. The van der Waals surface area contributed by atoms with Crippen LogP contribution in [-0.2, 0) is 0 Å². The van der Waals surface area contributed by atoms with Crippen LogP contribution in [0.4, 0.5) is 11.5 Å². The zero-order valence-electron chi connectivity index (χ0n) is 15.2. The van der Waals surface area contributed by atoms with Gasteiger partial charge in [-0.05, 0) is 23.6 Å². The maximum Gasteiger partial charge on any atom is 0.311 e. The molecule has 0 saturated heterocycles. The molecule has 0 bridgehead atoms. The van der Waals surface area contributed by atoms with E-state index in [0.717, 1.165) is 11.1 Å². The van der Waals surface area contributed by atoms with Crippen molar-refractivity contribution < 1.29 is 9.72 Å². The minimum Gasteiger partial charge on any atom is -0.393 e. The lowest BCUT2D eigenvalue weighted by atomic mass is 10.1. The van der Waals surface area contributed by atoms with Gasteiger partial charge in [0.05, 0.1) is 15.5 Å². The molecular formula is C19H16N6O3S. The van der Waals surface area contributed by atoms with E-state index in [-0.39, 0.29) is 17.2 Å².